The summed E-state index contributed by atoms with van der Waals surface area (Å²) >= 11 is 0. The van der Waals surface area contributed by atoms with Crippen LogP contribution in [0.25, 0.3) is 0 Å². The van der Waals surface area contributed by atoms with E-state index in [1.54, 1.807) is 0 Å². The maximum atomic E-state index is 13.6. The zero-order valence-corrected chi connectivity index (χ0v) is 12.9. The molecule has 0 aliphatic carbocycles. The summed E-state index contributed by atoms with van der Waals surface area (Å²) in [4.78, 5) is 0. The van der Waals surface area contributed by atoms with Crippen LogP contribution in [0.2, 0.25) is 0 Å². The second kappa shape index (κ2) is 6.89. The average molecular weight is 334 g/mol. The molecule has 0 bridgehead atoms. The highest BCUT2D eigenvalue weighted by molar-refractivity contribution is 7.95. The van der Waals surface area contributed by atoms with Crippen LogP contribution in [0.4, 0.5) is 10.1 Å². The van der Waals surface area contributed by atoms with E-state index in [9.17, 15) is 21.2 Å². The van der Waals surface area contributed by atoms with Gasteiger partial charge in [-0.05, 0) is 18.2 Å². The predicted octanol–water partition coefficient (Wildman–Crippen LogP) is -0.0778. The monoisotopic (exact) mass is 334 g/mol. The molecule has 0 unspecified atom stereocenters. The molecule has 9 heteroatoms. The minimum Gasteiger partial charge on any atom is -0.320 e. The molecule has 0 atom stereocenters. The van der Waals surface area contributed by atoms with Crippen molar-refractivity contribution in [1.82, 2.24) is 0 Å². The van der Waals surface area contributed by atoms with E-state index in [4.69, 9.17) is 5.73 Å². The summed E-state index contributed by atoms with van der Waals surface area (Å²) in [6.45, 7) is 0.0827. The quantitative estimate of drug-likeness (QED) is 0.733. The van der Waals surface area contributed by atoms with E-state index in [2.05, 4.69) is 16.6 Å². The zero-order chi connectivity index (χ0) is 16.1. The fourth-order valence-electron chi connectivity index (χ4n) is 1.32. The molecule has 116 valence electrons. The third-order valence-corrected chi connectivity index (χ3v) is 4.78. The predicted molar refractivity (Wildman–Crippen MR) is 79.5 cm³/mol. The van der Waals surface area contributed by atoms with Crippen LogP contribution < -0.4 is 10.5 Å². The van der Waals surface area contributed by atoms with Crippen molar-refractivity contribution in [2.75, 3.05) is 29.0 Å². The minimum absolute atomic E-state index is 0.000649. The van der Waals surface area contributed by atoms with E-state index < -0.39 is 37.2 Å². The lowest BCUT2D eigenvalue weighted by atomic mass is 10.2. The minimum atomic E-state index is -3.87. The molecular formula is C12H15FN2O4S2. The van der Waals surface area contributed by atoms with Gasteiger partial charge in [0.2, 0.25) is 10.0 Å². The van der Waals surface area contributed by atoms with Crippen LogP contribution in [0.15, 0.2) is 18.2 Å². The number of rotatable bonds is 5. The highest BCUT2D eigenvalue weighted by Gasteiger charge is 2.15. The molecule has 0 aromatic heterocycles. The second-order valence-electron chi connectivity index (χ2n) is 4.25. The van der Waals surface area contributed by atoms with Crippen LogP contribution in [0.5, 0.6) is 0 Å². The summed E-state index contributed by atoms with van der Waals surface area (Å²) in [5.41, 5.74) is 5.27. The normalized spacial score (nSPS) is 11.6. The van der Waals surface area contributed by atoms with E-state index in [1.165, 1.54) is 12.1 Å². The molecule has 0 fully saturated rings. The van der Waals surface area contributed by atoms with Gasteiger partial charge in [-0.1, -0.05) is 11.8 Å². The molecular weight excluding hydrogens is 319 g/mol. The number of hydrogen-bond donors (Lipinski definition) is 2. The summed E-state index contributed by atoms with van der Waals surface area (Å²) in [7, 11) is -7.26. The molecule has 1 aromatic carbocycles. The summed E-state index contributed by atoms with van der Waals surface area (Å²) < 4.78 is 61.0. The largest absolute Gasteiger partial charge is 0.320 e. The number of nitrogens with two attached hydrogens (primary N) is 1. The Kier molecular flexibility index (Phi) is 5.71. The number of hydrogen-bond acceptors (Lipinski definition) is 5. The van der Waals surface area contributed by atoms with Crippen molar-refractivity contribution in [1.29, 1.82) is 0 Å². The lowest BCUT2D eigenvalue weighted by Crippen LogP contribution is -2.22. The van der Waals surface area contributed by atoms with Gasteiger partial charge in [0.05, 0.1) is 29.3 Å². The van der Waals surface area contributed by atoms with Crippen molar-refractivity contribution >= 4 is 25.5 Å². The van der Waals surface area contributed by atoms with E-state index in [-0.39, 0.29) is 17.8 Å². The molecule has 0 spiro atoms. The van der Waals surface area contributed by atoms with Gasteiger partial charge in [0.15, 0.2) is 0 Å². The molecule has 0 saturated carbocycles. The third kappa shape index (κ3) is 6.57. The number of sulfone groups is 1. The maximum Gasteiger partial charge on any atom is 0.233 e. The van der Waals surface area contributed by atoms with Crippen molar-refractivity contribution in [3.8, 4) is 11.8 Å². The molecule has 0 heterocycles. The fourth-order valence-corrected chi connectivity index (χ4v) is 3.99. The molecule has 1 rings (SSSR count). The van der Waals surface area contributed by atoms with Crippen LogP contribution in [0.1, 0.15) is 5.56 Å². The Morgan fingerprint density at radius 3 is 2.43 bits per heavy atom. The first-order chi connectivity index (χ1) is 9.63. The van der Waals surface area contributed by atoms with Crippen LogP contribution in [-0.4, -0.2) is 41.1 Å². The number of anilines is 1. The first kappa shape index (κ1) is 17.4. The molecule has 0 aliphatic rings. The molecule has 21 heavy (non-hydrogen) atoms. The second-order valence-corrected chi connectivity index (χ2v) is 8.35. The lowest BCUT2D eigenvalue weighted by molar-refractivity contribution is 0.593. The van der Waals surface area contributed by atoms with Gasteiger partial charge in [-0.15, -0.1) is 0 Å². The Bertz CT molecular complexity index is 777. The Morgan fingerprint density at radius 1 is 1.24 bits per heavy atom. The van der Waals surface area contributed by atoms with Crippen LogP contribution in [-0.2, 0) is 19.9 Å². The van der Waals surface area contributed by atoms with Crippen molar-refractivity contribution < 1.29 is 21.2 Å². The zero-order valence-electron chi connectivity index (χ0n) is 11.3. The van der Waals surface area contributed by atoms with Gasteiger partial charge in [0, 0.05) is 6.26 Å². The maximum absolute atomic E-state index is 13.6. The number of benzene rings is 1. The highest BCUT2D eigenvalue weighted by atomic mass is 32.2. The molecule has 3 N–H and O–H groups in total. The first-order valence-corrected chi connectivity index (χ1v) is 9.51. The van der Waals surface area contributed by atoms with Crippen molar-refractivity contribution in [3.05, 3.63) is 29.6 Å². The number of halogens is 1. The van der Waals surface area contributed by atoms with Gasteiger partial charge in [-0.2, -0.15) is 0 Å². The van der Waals surface area contributed by atoms with Gasteiger partial charge < -0.3 is 5.73 Å². The average Bonchev–Trinajstić information content (AvgIpc) is 2.34. The summed E-state index contributed by atoms with van der Waals surface area (Å²) in [6, 6.07) is 3.62. The third-order valence-electron chi connectivity index (χ3n) is 2.29. The fraction of sp³-hybridized carbons (Fsp3) is 0.333. The van der Waals surface area contributed by atoms with Gasteiger partial charge >= 0.3 is 0 Å². The van der Waals surface area contributed by atoms with E-state index in [0.29, 0.717) is 0 Å². The van der Waals surface area contributed by atoms with E-state index in [0.717, 1.165) is 12.3 Å². The molecule has 0 radical (unpaired) electrons. The summed E-state index contributed by atoms with van der Waals surface area (Å²) in [6.07, 6.45) is 0.938. The Balaban J connectivity index is 2.86. The standard InChI is InChI=1S/C12H15FN2O4S2/c1-20(16,17)7-8-21(18,19)15-11-5-4-10(3-2-6-14)12(13)9-11/h4-5,9,15H,6-8,14H2,1H3. The molecule has 0 aliphatic heterocycles. The molecule has 0 amide bonds. The van der Waals surface area contributed by atoms with Crippen molar-refractivity contribution in [2.24, 2.45) is 5.73 Å². The van der Waals surface area contributed by atoms with Gasteiger partial charge in [-0.3, -0.25) is 4.72 Å². The topological polar surface area (TPSA) is 106 Å². The Labute approximate surface area is 123 Å². The lowest BCUT2D eigenvalue weighted by Gasteiger charge is -2.08. The summed E-state index contributed by atoms with van der Waals surface area (Å²) in [5, 5.41) is 0. The Hall–Kier alpha value is -1.63. The molecule has 1 aromatic rings. The van der Waals surface area contributed by atoms with Gasteiger partial charge in [-0.25, -0.2) is 21.2 Å². The smallest absolute Gasteiger partial charge is 0.233 e. The number of nitrogens with one attached hydrogen (secondary N) is 1. The van der Waals surface area contributed by atoms with Crippen LogP contribution >= 0.6 is 0 Å². The van der Waals surface area contributed by atoms with Crippen LogP contribution in [0, 0.1) is 17.7 Å². The molecule has 6 nitrogen and oxygen atoms in total. The summed E-state index contributed by atoms with van der Waals surface area (Å²) in [5.74, 6) is 3.18. The van der Waals surface area contributed by atoms with Crippen molar-refractivity contribution in [2.45, 2.75) is 0 Å². The SMILES string of the molecule is CS(=O)(=O)CCS(=O)(=O)Nc1ccc(C#CCN)c(F)c1. The molecule has 0 saturated heterocycles. The first-order valence-electron chi connectivity index (χ1n) is 5.80. The van der Waals surface area contributed by atoms with Crippen LogP contribution in [0.3, 0.4) is 0 Å². The van der Waals surface area contributed by atoms with Gasteiger partial charge in [0.25, 0.3) is 0 Å². The van der Waals surface area contributed by atoms with Gasteiger partial charge in [0.1, 0.15) is 15.7 Å². The van der Waals surface area contributed by atoms with E-state index in [1.807, 2.05) is 0 Å². The Morgan fingerprint density at radius 2 is 1.90 bits per heavy atom. The number of sulfonamides is 1. The van der Waals surface area contributed by atoms with E-state index >= 15 is 0 Å². The van der Waals surface area contributed by atoms with Crippen molar-refractivity contribution in [3.63, 3.8) is 0 Å². The highest BCUT2D eigenvalue weighted by Crippen LogP contribution is 2.15.